The molecule has 3 amide bonds. The van der Waals surface area contributed by atoms with Crippen LogP contribution in [0.5, 0.6) is 0 Å². The average molecular weight is 322 g/mol. The molecule has 4 nitrogen and oxygen atoms in total. The van der Waals surface area contributed by atoms with E-state index in [1.54, 1.807) is 11.8 Å². The second kappa shape index (κ2) is 6.87. The summed E-state index contributed by atoms with van der Waals surface area (Å²) in [6.07, 6.45) is 0.314. The molecule has 0 aliphatic carbocycles. The molecule has 4 heteroatoms. The molecule has 0 saturated carbocycles. The van der Waals surface area contributed by atoms with Crippen molar-refractivity contribution >= 4 is 11.9 Å². The number of likely N-dealkylation sites (N-methyl/N-ethyl adjacent to an activating group) is 1. The minimum absolute atomic E-state index is 0.134. The average Bonchev–Trinajstić information content (AvgIpc) is 2.94. The summed E-state index contributed by atoms with van der Waals surface area (Å²) < 4.78 is 0. The molecule has 2 aromatic carbocycles. The van der Waals surface area contributed by atoms with Crippen molar-refractivity contribution in [1.82, 2.24) is 9.80 Å². The fourth-order valence-electron chi connectivity index (χ4n) is 3.45. The lowest BCUT2D eigenvalue weighted by atomic mass is 9.93. The van der Waals surface area contributed by atoms with Crippen LogP contribution in [0.1, 0.15) is 43.5 Å². The Hall–Kier alpha value is -2.62. The number of carbonyl (C=O) groups excluding carboxylic acids is 2. The first-order valence-electron chi connectivity index (χ1n) is 8.41. The third kappa shape index (κ3) is 2.68. The summed E-state index contributed by atoms with van der Waals surface area (Å²) in [4.78, 5) is 28.7. The summed E-state index contributed by atoms with van der Waals surface area (Å²) in [5.41, 5.74) is 2.03. The molecule has 0 aromatic heterocycles. The number of urea groups is 1. The molecule has 1 aliphatic heterocycles. The Labute approximate surface area is 142 Å². The van der Waals surface area contributed by atoms with E-state index in [1.165, 1.54) is 4.90 Å². The van der Waals surface area contributed by atoms with Gasteiger partial charge < -0.3 is 4.90 Å². The molecule has 3 rings (SSSR count). The summed E-state index contributed by atoms with van der Waals surface area (Å²) in [5.74, 6) is -0.134. The van der Waals surface area contributed by atoms with Gasteiger partial charge in [0.1, 0.15) is 0 Å². The zero-order valence-corrected chi connectivity index (χ0v) is 14.1. The smallest absolute Gasteiger partial charge is 0.315 e. The van der Waals surface area contributed by atoms with Gasteiger partial charge in [0.2, 0.25) is 5.91 Å². The molecule has 1 saturated heterocycles. The molecule has 1 fully saturated rings. The Bertz CT molecular complexity index is 715. The largest absolute Gasteiger partial charge is 0.327 e. The van der Waals surface area contributed by atoms with Crippen molar-refractivity contribution in [3.8, 4) is 0 Å². The van der Waals surface area contributed by atoms with Crippen molar-refractivity contribution in [2.45, 2.75) is 32.4 Å². The second-order valence-corrected chi connectivity index (χ2v) is 5.90. The van der Waals surface area contributed by atoms with Crippen molar-refractivity contribution in [1.29, 1.82) is 0 Å². The summed E-state index contributed by atoms with van der Waals surface area (Å²) in [6.45, 7) is 4.31. The number of nitrogens with zero attached hydrogens (tertiary/aromatic N) is 2. The number of carbonyl (C=O) groups is 2. The molecule has 24 heavy (non-hydrogen) atoms. The molecule has 0 unspecified atom stereocenters. The van der Waals surface area contributed by atoms with Gasteiger partial charge >= 0.3 is 6.03 Å². The van der Waals surface area contributed by atoms with E-state index in [2.05, 4.69) is 0 Å². The van der Waals surface area contributed by atoms with Crippen LogP contribution in [-0.4, -0.2) is 28.3 Å². The summed E-state index contributed by atoms with van der Waals surface area (Å²) in [6, 6.07) is 19.1. The number of hydrogen-bond acceptors (Lipinski definition) is 2. The van der Waals surface area contributed by atoms with E-state index in [0.29, 0.717) is 13.0 Å². The maximum Gasteiger partial charge on any atom is 0.327 e. The Kier molecular flexibility index (Phi) is 4.65. The van der Waals surface area contributed by atoms with Crippen molar-refractivity contribution in [2.75, 3.05) is 6.54 Å². The molecule has 0 radical (unpaired) electrons. The maximum atomic E-state index is 12.9. The van der Waals surface area contributed by atoms with Gasteiger partial charge in [0.25, 0.3) is 0 Å². The predicted molar refractivity (Wildman–Crippen MR) is 93.3 cm³/mol. The first-order chi connectivity index (χ1) is 11.7. The van der Waals surface area contributed by atoms with E-state index in [4.69, 9.17) is 0 Å². The lowest BCUT2D eigenvalue weighted by molar-refractivity contribution is -0.129. The molecule has 0 N–H and O–H groups in total. The number of hydrogen-bond donors (Lipinski definition) is 0. The highest BCUT2D eigenvalue weighted by Crippen LogP contribution is 2.45. The third-order valence-corrected chi connectivity index (χ3v) is 4.56. The minimum atomic E-state index is -0.298. The molecule has 1 aliphatic rings. The van der Waals surface area contributed by atoms with Gasteiger partial charge in [-0.1, -0.05) is 67.6 Å². The quantitative estimate of drug-likeness (QED) is 0.848. The van der Waals surface area contributed by atoms with Gasteiger partial charge in [0.05, 0.1) is 12.1 Å². The van der Waals surface area contributed by atoms with Crippen LogP contribution >= 0.6 is 0 Å². The molecule has 0 bridgehead atoms. The molecule has 1 heterocycles. The zero-order valence-electron chi connectivity index (χ0n) is 14.1. The summed E-state index contributed by atoms with van der Waals surface area (Å²) in [7, 11) is 0. The van der Waals surface area contributed by atoms with E-state index in [1.807, 2.05) is 67.6 Å². The highest BCUT2D eigenvalue weighted by Gasteiger charge is 2.48. The van der Waals surface area contributed by atoms with Gasteiger partial charge in [-0.25, -0.2) is 4.79 Å². The Morgan fingerprint density at radius 3 is 1.83 bits per heavy atom. The van der Waals surface area contributed by atoms with Crippen molar-refractivity contribution in [3.63, 3.8) is 0 Å². The molecular formula is C20H22N2O2. The lowest BCUT2D eigenvalue weighted by Gasteiger charge is -2.27. The van der Waals surface area contributed by atoms with E-state index in [-0.39, 0.29) is 24.0 Å². The fraction of sp³-hybridized carbons (Fsp3) is 0.300. The van der Waals surface area contributed by atoms with Crippen LogP contribution < -0.4 is 0 Å². The number of benzene rings is 2. The van der Waals surface area contributed by atoms with Crippen LogP contribution in [0.4, 0.5) is 4.79 Å². The van der Waals surface area contributed by atoms with E-state index < -0.39 is 0 Å². The second-order valence-electron chi connectivity index (χ2n) is 5.90. The Morgan fingerprint density at radius 2 is 1.38 bits per heavy atom. The number of imide groups is 1. The monoisotopic (exact) mass is 322 g/mol. The van der Waals surface area contributed by atoms with Gasteiger partial charge in [-0.3, -0.25) is 9.69 Å². The van der Waals surface area contributed by atoms with Crippen LogP contribution in [0.3, 0.4) is 0 Å². The molecule has 124 valence electrons. The highest BCUT2D eigenvalue weighted by molar-refractivity contribution is 5.97. The van der Waals surface area contributed by atoms with Crippen molar-refractivity contribution in [3.05, 3.63) is 71.8 Å². The first kappa shape index (κ1) is 16.2. The van der Waals surface area contributed by atoms with Gasteiger partial charge in [-0.2, -0.15) is 0 Å². The van der Waals surface area contributed by atoms with E-state index in [0.717, 1.165) is 11.1 Å². The fourth-order valence-corrected chi connectivity index (χ4v) is 3.45. The molecule has 2 atom stereocenters. The van der Waals surface area contributed by atoms with E-state index >= 15 is 0 Å². The topological polar surface area (TPSA) is 40.6 Å². The van der Waals surface area contributed by atoms with Gasteiger partial charge in [0, 0.05) is 13.0 Å². The van der Waals surface area contributed by atoms with Crippen LogP contribution in [0.2, 0.25) is 0 Å². The van der Waals surface area contributed by atoms with Crippen LogP contribution in [-0.2, 0) is 4.79 Å². The number of amides is 3. The lowest BCUT2D eigenvalue weighted by Crippen LogP contribution is -2.36. The van der Waals surface area contributed by atoms with Crippen molar-refractivity contribution < 1.29 is 9.59 Å². The van der Waals surface area contributed by atoms with Crippen LogP contribution in [0.25, 0.3) is 0 Å². The standard InChI is InChI=1S/C20H22N2O2/c1-3-17(23)22-19(16-13-9-6-10-14-16)18(21(4-2)20(22)24)15-11-7-5-8-12-15/h5-14,18-19H,3-4H2,1-2H3/t18-,19-/m0/s1. The zero-order chi connectivity index (χ0) is 17.1. The SMILES string of the molecule is CCC(=O)N1C(=O)N(CC)[C@@H](c2ccccc2)[C@@H]1c1ccccc1. The molecular weight excluding hydrogens is 300 g/mol. The summed E-state index contributed by atoms with van der Waals surface area (Å²) >= 11 is 0. The first-order valence-corrected chi connectivity index (χ1v) is 8.41. The van der Waals surface area contributed by atoms with Gasteiger partial charge in [0.15, 0.2) is 0 Å². The maximum absolute atomic E-state index is 12.9. The van der Waals surface area contributed by atoms with E-state index in [9.17, 15) is 9.59 Å². The highest BCUT2D eigenvalue weighted by atomic mass is 16.2. The van der Waals surface area contributed by atoms with Gasteiger partial charge in [-0.15, -0.1) is 0 Å². The Balaban J connectivity index is 2.15. The van der Waals surface area contributed by atoms with Crippen LogP contribution in [0, 0.1) is 0 Å². The summed E-state index contributed by atoms with van der Waals surface area (Å²) in [5, 5.41) is 0. The third-order valence-electron chi connectivity index (χ3n) is 4.56. The van der Waals surface area contributed by atoms with Gasteiger partial charge in [-0.05, 0) is 18.1 Å². The molecule has 0 spiro atoms. The number of rotatable bonds is 4. The van der Waals surface area contributed by atoms with Crippen LogP contribution in [0.15, 0.2) is 60.7 Å². The predicted octanol–water partition coefficient (Wildman–Crippen LogP) is 4.16. The minimum Gasteiger partial charge on any atom is -0.315 e. The Morgan fingerprint density at radius 1 is 0.875 bits per heavy atom. The molecule has 2 aromatic rings. The van der Waals surface area contributed by atoms with Crippen molar-refractivity contribution in [2.24, 2.45) is 0 Å². The normalized spacial score (nSPS) is 20.5.